The summed E-state index contributed by atoms with van der Waals surface area (Å²) in [5.41, 5.74) is 0. The Balaban J connectivity index is 2.24. The molecule has 0 spiro atoms. The van der Waals surface area contributed by atoms with Crippen molar-refractivity contribution in [1.29, 1.82) is 0 Å². The predicted molar refractivity (Wildman–Crippen MR) is 50.8 cm³/mol. The van der Waals surface area contributed by atoms with Gasteiger partial charge in [-0.2, -0.15) is 0 Å². The van der Waals surface area contributed by atoms with Crippen molar-refractivity contribution in [2.75, 3.05) is 12.8 Å². The molecule has 4 nitrogen and oxygen atoms in total. The minimum atomic E-state index is -3.05. The fraction of sp³-hybridized carbons (Fsp3) is 1.00. The predicted octanol–water partition coefficient (Wildman–Crippen LogP) is 0.0867. The number of hydrogen-bond acceptors (Lipinski definition) is 3. The Bertz CT molecular complexity index is 242. The van der Waals surface area contributed by atoms with Crippen LogP contribution in [0.25, 0.3) is 0 Å². The van der Waals surface area contributed by atoms with Gasteiger partial charge in [-0.1, -0.05) is 0 Å². The van der Waals surface area contributed by atoms with Crippen LogP contribution >= 0.6 is 0 Å². The molecule has 5 heteroatoms. The smallest absolute Gasteiger partial charge is 0.208 e. The molecule has 0 heterocycles. The summed E-state index contributed by atoms with van der Waals surface area (Å²) >= 11 is 0. The Morgan fingerprint density at radius 2 is 1.85 bits per heavy atom. The first-order valence-corrected chi connectivity index (χ1v) is 6.49. The van der Waals surface area contributed by atoms with Gasteiger partial charge in [0, 0.05) is 6.54 Å². The van der Waals surface area contributed by atoms with Crippen LogP contribution in [0.4, 0.5) is 0 Å². The second kappa shape index (κ2) is 4.39. The Labute approximate surface area is 79.4 Å². The summed E-state index contributed by atoms with van der Waals surface area (Å²) < 4.78 is 24.1. The molecule has 1 aliphatic rings. The van der Waals surface area contributed by atoms with Crippen molar-refractivity contribution in [3.63, 3.8) is 0 Å². The van der Waals surface area contributed by atoms with Crippen LogP contribution in [0, 0.1) is 5.92 Å². The maximum absolute atomic E-state index is 10.8. The van der Waals surface area contributed by atoms with E-state index in [9.17, 15) is 13.5 Å². The fourth-order valence-corrected chi connectivity index (χ4v) is 2.16. The monoisotopic (exact) mass is 207 g/mol. The van der Waals surface area contributed by atoms with E-state index in [-0.39, 0.29) is 6.10 Å². The van der Waals surface area contributed by atoms with Gasteiger partial charge in [-0.25, -0.2) is 13.1 Å². The molecule has 0 aliphatic heterocycles. The molecule has 1 rings (SSSR count). The molecule has 0 aromatic heterocycles. The molecular formula is C8H17NO3S. The first-order valence-electron chi connectivity index (χ1n) is 4.60. The van der Waals surface area contributed by atoms with Gasteiger partial charge in [0.25, 0.3) is 0 Å². The van der Waals surface area contributed by atoms with Crippen LogP contribution in [0.1, 0.15) is 25.7 Å². The van der Waals surface area contributed by atoms with E-state index in [0.29, 0.717) is 12.5 Å². The van der Waals surface area contributed by atoms with Crippen LogP contribution in [0.3, 0.4) is 0 Å². The van der Waals surface area contributed by atoms with E-state index < -0.39 is 10.0 Å². The van der Waals surface area contributed by atoms with Crippen molar-refractivity contribution in [3.05, 3.63) is 0 Å². The first kappa shape index (κ1) is 10.9. The minimum Gasteiger partial charge on any atom is -0.393 e. The van der Waals surface area contributed by atoms with Gasteiger partial charge < -0.3 is 5.11 Å². The molecule has 1 saturated carbocycles. The molecule has 1 fully saturated rings. The van der Waals surface area contributed by atoms with E-state index in [2.05, 4.69) is 4.72 Å². The zero-order valence-corrected chi connectivity index (χ0v) is 8.68. The number of rotatable bonds is 3. The van der Waals surface area contributed by atoms with E-state index in [1.54, 1.807) is 0 Å². The molecule has 0 aromatic rings. The quantitative estimate of drug-likeness (QED) is 0.689. The Kier molecular flexibility index (Phi) is 3.70. The van der Waals surface area contributed by atoms with Gasteiger partial charge in [-0.05, 0) is 31.6 Å². The molecule has 0 bridgehead atoms. The van der Waals surface area contributed by atoms with Crippen molar-refractivity contribution in [2.45, 2.75) is 31.8 Å². The Hall–Kier alpha value is -0.130. The molecule has 0 radical (unpaired) electrons. The zero-order valence-electron chi connectivity index (χ0n) is 7.86. The van der Waals surface area contributed by atoms with Gasteiger partial charge in [0.1, 0.15) is 0 Å². The lowest BCUT2D eigenvalue weighted by atomic mass is 9.88. The van der Waals surface area contributed by atoms with E-state index in [1.807, 2.05) is 0 Å². The summed E-state index contributed by atoms with van der Waals surface area (Å²) in [4.78, 5) is 0. The number of sulfonamides is 1. The fourth-order valence-electron chi connectivity index (χ4n) is 1.62. The minimum absolute atomic E-state index is 0.172. The average molecular weight is 207 g/mol. The van der Waals surface area contributed by atoms with Gasteiger partial charge in [0.05, 0.1) is 12.4 Å². The van der Waals surface area contributed by atoms with Crippen molar-refractivity contribution in [3.8, 4) is 0 Å². The highest BCUT2D eigenvalue weighted by molar-refractivity contribution is 7.88. The molecule has 0 atom stereocenters. The lowest BCUT2D eigenvalue weighted by molar-refractivity contribution is 0.110. The second-order valence-electron chi connectivity index (χ2n) is 3.80. The molecule has 78 valence electrons. The van der Waals surface area contributed by atoms with Gasteiger partial charge in [0.15, 0.2) is 0 Å². The largest absolute Gasteiger partial charge is 0.393 e. The maximum Gasteiger partial charge on any atom is 0.208 e. The van der Waals surface area contributed by atoms with Gasteiger partial charge in [0.2, 0.25) is 10.0 Å². The third kappa shape index (κ3) is 4.59. The highest BCUT2D eigenvalue weighted by Gasteiger charge is 2.19. The number of aliphatic hydroxyl groups excluding tert-OH is 1. The second-order valence-corrected chi connectivity index (χ2v) is 5.63. The van der Waals surface area contributed by atoms with Crippen LogP contribution in [-0.4, -0.2) is 32.4 Å². The standard InChI is InChI=1S/C8H17NO3S/c1-13(11,12)9-6-7-2-4-8(10)5-3-7/h7-10H,2-6H2,1H3. The number of nitrogens with one attached hydrogen (secondary N) is 1. The van der Waals surface area contributed by atoms with Crippen LogP contribution in [-0.2, 0) is 10.0 Å². The normalized spacial score (nSPS) is 30.3. The summed E-state index contributed by atoms with van der Waals surface area (Å²) in [7, 11) is -3.05. The van der Waals surface area contributed by atoms with E-state index in [4.69, 9.17) is 0 Å². The molecule has 0 aromatic carbocycles. The van der Waals surface area contributed by atoms with Gasteiger partial charge in [-0.3, -0.25) is 0 Å². The third-order valence-electron chi connectivity index (χ3n) is 2.45. The van der Waals surface area contributed by atoms with Crippen LogP contribution in [0.15, 0.2) is 0 Å². The highest BCUT2D eigenvalue weighted by atomic mass is 32.2. The zero-order chi connectivity index (χ0) is 9.90. The molecule has 0 unspecified atom stereocenters. The SMILES string of the molecule is CS(=O)(=O)NCC1CCC(O)CC1. The molecular weight excluding hydrogens is 190 g/mol. The summed E-state index contributed by atoms with van der Waals surface area (Å²) in [6, 6.07) is 0. The third-order valence-corrected chi connectivity index (χ3v) is 3.14. The first-order chi connectivity index (χ1) is 5.97. The summed E-state index contributed by atoms with van der Waals surface area (Å²) in [5.74, 6) is 0.401. The topological polar surface area (TPSA) is 66.4 Å². The molecule has 2 N–H and O–H groups in total. The summed E-state index contributed by atoms with van der Waals surface area (Å²) in [6.07, 6.45) is 4.44. The lowest BCUT2D eigenvalue weighted by Gasteiger charge is -2.25. The van der Waals surface area contributed by atoms with Gasteiger partial charge >= 0.3 is 0 Å². The van der Waals surface area contributed by atoms with E-state index >= 15 is 0 Å². The Morgan fingerprint density at radius 1 is 1.31 bits per heavy atom. The molecule has 0 amide bonds. The van der Waals surface area contributed by atoms with Crippen molar-refractivity contribution in [1.82, 2.24) is 4.72 Å². The number of aliphatic hydroxyl groups is 1. The maximum atomic E-state index is 10.8. The van der Waals surface area contributed by atoms with Crippen molar-refractivity contribution < 1.29 is 13.5 Å². The lowest BCUT2D eigenvalue weighted by Crippen LogP contribution is -2.31. The van der Waals surface area contributed by atoms with E-state index in [0.717, 1.165) is 25.7 Å². The molecule has 0 saturated heterocycles. The highest BCUT2D eigenvalue weighted by Crippen LogP contribution is 2.23. The average Bonchev–Trinajstić information content (AvgIpc) is 2.02. The van der Waals surface area contributed by atoms with Gasteiger partial charge in [-0.15, -0.1) is 0 Å². The van der Waals surface area contributed by atoms with Crippen molar-refractivity contribution in [2.24, 2.45) is 5.92 Å². The van der Waals surface area contributed by atoms with Crippen molar-refractivity contribution >= 4 is 10.0 Å². The summed E-state index contributed by atoms with van der Waals surface area (Å²) in [5, 5.41) is 9.22. The van der Waals surface area contributed by atoms with E-state index in [1.165, 1.54) is 6.26 Å². The molecule has 13 heavy (non-hydrogen) atoms. The number of hydrogen-bond donors (Lipinski definition) is 2. The molecule has 1 aliphatic carbocycles. The van der Waals surface area contributed by atoms with Crippen LogP contribution < -0.4 is 4.72 Å². The summed E-state index contributed by atoms with van der Waals surface area (Å²) in [6.45, 7) is 0.519. The van der Waals surface area contributed by atoms with Crippen LogP contribution in [0.5, 0.6) is 0 Å². The Morgan fingerprint density at radius 3 is 2.31 bits per heavy atom. The van der Waals surface area contributed by atoms with Crippen LogP contribution in [0.2, 0.25) is 0 Å².